The molecule has 0 unspecified atom stereocenters. The number of hydrogen-bond donors (Lipinski definition) is 2. The van der Waals surface area contributed by atoms with Crippen LogP contribution in [0.25, 0.3) is 0 Å². The summed E-state index contributed by atoms with van der Waals surface area (Å²) in [6.07, 6.45) is 0.566. The van der Waals surface area contributed by atoms with Gasteiger partial charge in [0.25, 0.3) is 5.56 Å². The van der Waals surface area contributed by atoms with E-state index in [0.717, 1.165) is 21.5 Å². The molecule has 1 amide bonds. The highest BCUT2D eigenvalue weighted by Gasteiger charge is 2.12. The summed E-state index contributed by atoms with van der Waals surface area (Å²) in [5.41, 5.74) is 3.99. The summed E-state index contributed by atoms with van der Waals surface area (Å²) in [6, 6.07) is 15.7. The minimum atomic E-state index is -0.180. The van der Waals surface area contributed by atoms with Gasteiger partial charge in [-0.15, -0.1) is 0 Å². The van der Waals surface area contributed by atoms with Crippen LogP contribution in [-0.4, -0.2) is 15.9 Å². The molecule has 29 heavy (non-hydrogen) atoms. The van der Waals surface area contributed by atoms with E-state index in [1.807, 2.05) is 62.4 Å². The quantitative estimate of drug-likeness (QED) is 0.374. The lowest BCUT2D eigenvalue weighted by molar-refractivity contribution is -0.116. The number of rotatable bonds is 7. The third-order valence-electron chi connectivity index (χ3n) is 4.46. The van der Waals surface area contributed by atoms with Gasteiger partial charge in [-0.25, -0.2) is 4.98 Å². The molecule has 7 heteroatoms. The number of carbonyl (C=O) groups is 1. The molecule has 2 N–H and O–H groups in total. The van der Waals surface area contributed by atoms with Gasteiger partial charge in [-0.3, -0.25) is 9.59 Å². The minimum absolute atomic E-state index is 0.131. The maximum Gasteiger partial charge on any atom is 0.254 e. The van der Waals surface area contributed by atoms with Crippen molar-refractivity contribution in [1.29, 1.82) is 0 Å². The number of amides is 1. The molecule has 0 aliphatic carbocycles. The monoisotopic (exact) mass is 471 g/mol. The lowest BCUT2D eigenvalue weighted by Gasteiger charge is -2.09. The number of benzene rings is 2. The molecule has 3 rings (SSSR count). The summed E-state index contributed by atoms with van der Waals surface area (Å²) in [4.78, 5) is 32.1. The highest BCUT2D eigenvalue weighted by molar-refractivity contribution is 9.10. The van der Waals surface area contributed by atoms with Gasteiger partial charge in [0.15, 0.2) is 5.16 Å². The van der Waals surface area contributed by atoms with Gasteiger partial charge in [-0.2, -0.15) is 0 Å². The van der Waals surface area contributed by atoms with Crippen molar-refractivity contribution in [2.45, 2.75) is 37.6 Å². The maximum absolute atomic E-state index is 12.5. The van der Waals surface area contributed by atoms with Crippen molar-refractivity contribution in [3.63, 3.8) is 0 Å². The topological polar surface area (TPSA) is 74.8 Å². The molecule has 2 aromatic carbocycles. The normalized spacial score (nSPS) is 10.7. The summed E-state index contributed by atoms with van der Waals surface area (Å²) in [5.74, 6) is 0.602. The second-order valence-electron chi connectivity index (χ2n) is 6.72. The molecule has 0 bridgehead atoms. The van der Waals surface area contributed by atoms with E-state index in [1.54, 1.807) is 0 Å². The molecule has 3 aromatic rings. The van der Waals surface area contributed by atoms with E-state index < -0.39 is 0 Å². The zero-order chi connectivity index (χ0) is 20.8. The second kappa shape index (κ2) is 9.89. The number of hydrogen-bond acceptors (Lipinski definition) is 4. The fraction of sp³-hybridized carbons (Fsp3) is 0.227. The number of aryl methyl sites for hydroxylation is 2. The highest BCUT2D eigenvalue weighted by atomic mass is 79.9. The fourth-order valence-corrected chi connectivity index (χ4v) is 3.97. The van der Waals surface area contributed by atoms with Crippen molar-refractivity contribution >= 4 is 39.3 Å². The number of carbonyl (C=O) groups excluding carboxylic acids is 1. The van der Waals surface area contributed by atoms with Crippen molar-refractivity contribution in [2.75, 3.05) is 5.32 Å². The molecule has 1 aromatic heterocycles. The largest absolute Gasteiger partial charge is 0.326 e. The summed E-state index contributed by atoms with van der Waals surface area (Å²) < 4.78 is 0.994. The van der Waals surface area contributed by atoms with Crippen molar-refractivity contribution in [3.05, 3.63) is 85.7 Å². The molecular weight excluding hydrogens is 450 g/mol. The average molecular weight is 472 g/mol. The molecule has 0 aliphatic heterocycles. The Balaban J connectivity index is 1.59. The smallest absolute Gasteiger partial charge is 0.254 e. The van der Waals surface area contributed by atoms with Crippen LogP contribution in [0.1, 0.15) is 28.8 Å². The van der Waals surface area contributed by atoms with Gasteiger partial charge in [-0.1, -0.05) is 58.0 Å². The molecule has 0 fully saturated rings. The Labute approximate surface area is 182 Å². The van der Waals surface area contributed by atoms with Crippen molar-refractivity contribution < 1.29 is 4.79 Å². The third kappa shape index (κ3) is 6.05. The number of anilines is 1. The predicted molar refractivity (Wildman–Crippen MR) is 121 cm³/mol. The van der Waals surface area contributed by atoms with E-state index in [2.05, 4.69) is 31.2 Å². The van der Waals surface area contributed by atoms with Crippen molar-refractivity contribution in [1.82, 2.24) is 9.97 Å². The second-order valence-corrected chi connectivity index (χ2v) is 8.54. The standard InChI is InChI=1S/C22H22BrN3O2S/c1-14-12-17(8-10-19(14)23)25-20(27)11-9-18-15(2)24-22(26-21(18)28)29-13-16-6-4-3-5-7-16/h3-8,10,12H,9,11,13H2,1-2H3,(H,25,27)(H,24,26,28). The van der Waals surface area contributed by atoms with E-state index in [1.165, 1.54) is 17.3 Å². The number of thioether (sulfide) groups is 1. The Hall–Kier alpha value is -2.38. The van der Waals surface area contributed by atoms with Gasteiger partial charge in [0.2, 0.25) is 5.91 Å². The van der Waals surface area contributed by atoms with Crippen LogP contribution >= 0.6 is 27.7 Å². The number of nitrogens with zero attached hydrogens (tertiary/aromatic N) is 1. The lowest BCUT2D eigenvalue weighted by atomic mass is 10.1. The van der Waals surface area contributed by atoms with E-state index in [0.29, 0.717) is 22.8 Å². The molecule has 150 valence electrons. The van der Waals surface area contributed by atoms with Gasteiger partial charge in [0.1, 0.15) is 0 Å². The maximum atomic E-state index is 12.5. The van der Waals surface area contributed by atoms with Crippen LogP contribution < -0.4 is 10.9 Å². The Bertz CT molecular complexity index is 1070. The number of halogens is 1. The molecule has 1 heterocycles. The Morgan fingerprint density at radius 1 is 1.17 bits per heavy atom. The number of H-pyrrole nitrogens is 1. The van der Waals surface area contributed by atoms with Crippen LogP contribution in [0.5, 0.6) is 0 Å². The van der Waals surface area contributed by atoms with Crippen LogP contribution in [0.2, 0.25) is 0 Å². The number of nitrogens with one attached hydrogen (secondary N) is 2. The molecular formula is C22H22BrN3O2S. The predicted octanol–water partition coefficient (Wildman–Crippen LogP) is 5.01. The summed E-state index contributed by atoms with van der Waals surface area (Å²) >= 11 is 4.93. The first-order chi connectivity index (χ1) is 13.9. The third-order valence-corrected chi connectivity index (χ3v) is 6.30. The summed E-state index contributed by atoms with van der Waals surface area (Å²) in [5, 5.41) is 3.46. The molecule has 0 saturated heterocycles. The highest BCUT2D eigenvalue weighted by Crippen LogP contribution is 2.21. The van der Waals surface area contributed by atoms with Crippen LogP contribution in [0.3, 0.4) is 0 Å². The Morgan fingerprint density at radius 3 is 2.62 bits per heavy atom. The van der Waals surface area contributed by atoms with E-state index in [9.17, 15) is 9.59 Å². The van der Waals surface area contributed by atoms with Crippen LogP contribution in [0.4, 0.5) is 5.69 Å². The Morgan fingerprint density at radius 2 is 1.93 bits per heavy atom. The van der Waals surface area contributed by atoms with Gasteiger partial charge in [0.05, 0.1) is 0 Å². The number of aromatic nitrogens is 2. The fourth-order valence-electron chi connectivity index (χ4n) is 2.86. The molecule has 0 saturated carbocycles. The zero-order valence-corrected chi connectivity index (χ0v) is 18.7. The first-order valence-electron chi connectivity index (χ1n) is 9.25. The number of aromatic amines is 1. The van der Waals surface area contributed by atoms with Crippen LogP contribution in [0.15, 0.2) is 63.0 Å². The summed E-state index contributed by atoms with van der Waals surface area (Å²) in [7, 11) is 0. The minimum Gasteiger partial charge on any atom is -0.326 e. The molecule has 5 nitrogen and oxygen atoms in total. The first-order valence-corrected chi connectivity index (χ1v) is 11.0. The van der Waals surface area contributed by atoms with Gasteiger partial charge in [0, 0.05) is 33.6 Å². The van der Waals surface area contributed by atoms with E-state index in [-0.39, 0.29) is 17.9 Å². The van der Waals surface area contributed by atoms with E-state index >= 15 is 0 Å². The first kappa shape index (κ1) is 21.3. The van der Waals surface area contributed by atoms with E-state index in [4.69, 9.17) is 0 Å². The zero-order valence-electron chi connectivity index (χ0n) is 16.3. The molecule has 0 aliphatic rings. The Kier molecular flexibility index (Phi) is 7.28. The van der Waals surface area contributed by atoms with Gasteiger partial charge >= 0.3 is 0 Å². The molecule has 0 atom stereocenters. The summed E-state index contributed by atoms with van der Waals surface area (Å²) in [6.45, 7) is 3.78. The SMILES string of the molecule is Cc1cc(NC(=O)CCc2c(C)nc(SCc3ccccc3)[nH]c2=O)ccc1Br. The van der Waals surface area contributed by atoms with Crippen molar-refractivity contribution in [2.24, 2.45) is 0 Å². The van der Waals surface area contributed by atoms with Crippen LogP contribution in [-0.2, 0) is 17.0 Å². The van der Waals surface area contributed by atoms with Crippen LogP contribution in [0, 0.1) is 13.8 Å². The van der Waals surface area contributed by atoms with Gasteiger partial charge < -0.3 is 10.3 Å². The van der Waals surface area contributed by atoms with Crippen molar-refractivity contribution in [3.8, 4) is 0 Å². The molecule has 0 spiro atoms. The average Bonchev–Trinajstić information content (AvgIpc) is 2.69. The molecule has 0 radical (unpaired) electrons. The van der Waals surface area contributed by atoms with Gasteiger partial charge in [-0.05, 0) is 49.6 Å². The lowest BCUT2D eigenvalue weighted by Crippen LogP contribution is -2.20.